The lowest BCUT2D eigenvalue weighted by Crippen LogP contribution is -2.27. The molecule has 0 aliphatic rings. The van der Waals surface area contributed by atoms with E-state index in [1.807, 2.05) is 61.7 Å². The second-order valence-electron chi connectivity index (χ2n) is 4.22. The molecule has 3 nitrogen and oxygen atoms in total. The Balaban J connectivity index is 1.90. The van der Waals surface area contributed by atoms with Crippen molar-refractivity contribution < 1.29 is 4.79 Å². The maximum atomic E-state index is 12.0. The third-order valence-electron chi connectivity index (χ3n) is 2.64. The molecule has 1 atom stereocenters. The number of hydrogen-bond acceptors (Lipinski definition) is 4. The number of carbonyl (C=O) groups excluding carboxylic acids is 1. The van der Waals surface area contributed by atoms with Crippen LogP contribution in [0.15, 0.2) is 57.8 Å². The van der Waals surface area contributed by atoms with Crippen molar-refractivity contribution >= 4 is 34.7 Å². The van der Waals surface area contributed by atoms with E-state index in [2.05, 4.69) is 10.5 Å². The fraction of sp³-hybridized carbons (Fsp3) is 0.200. The first-order valence-electron chi connectivity index (χ1n) is 6.26. The van der Waals surface area contributed by atoms with Gasteiger partial charge in [0.15, 0.2) is 0 Å². The summed E-state index contributed by atoms with van der Waals surface area (Å²) < 4.78 is 0. The van der Waals surface area contributed by atoms with E-state index in [-0.39, 0.29) is 11.2 Å². The van der Waals surface area contributed by atoms with Gasteiger partial charge < -0.3 is 0 Å². The molecular weight excluding hydrogens is 288 g/mol. The molecule has 2 aromatic rings. The number of thioether (sulfide) groups is 1. The van der Waals surface area contributed by atoms with Gasteiger partial charge in [0, 0.05) is 9.77 Å². The predicted molar refractivity (Wildman–Crippen MR) is 86.4 cm³/mol. The Morgan fingerprint density at radius 2 is 2.00 bits per heavy atom. The Kier molecular flexibility index (Phi) is 5.38. The molecular formula is C15H16N2OS2. The van der Waals surface area contributed by atoms with E-state index in [0.717, 1.165) is 15.5 Å². The first-order chi connectivity index (χ1) is 9.66. The Morgan fingerprint density at radius 1 is 1.25 bits per heavy atom. The Morgan fingerprint density at radius 3 is 2.65 bits per heavy atom. The Hall–Kier alpha value is -1.59. The minimum absolute atomic E-state index is 0.0882. The van der Waals surface area contributed by atoms with Crippen molar-refractivity contribution in [2.24, 2.45) is 5.10 Å². The summed E-state index contributed by atoms with van der Waals surface area (Å²) in [5.41, 5.74) is 3.45. The van der Waals surface area contributed by atoms with Crippen molar-refractivity contribution in [3.63, 3.8) is 0 Å². The van der Waals surface area contributed by atoms with Crippen LogP contribution in [0.4, 0.5) is 0 Å². The van der Waals surface area contributed by atoms with Gasteiger partial charge in [0.2, 0.25) is 0 Å². The van der Waals surface area contributed by atoms with Gasteiger partial charge in [0.05, 0.1) is 11.0 Å². The van der Waals surface area contributed by atoms with Crippen LogP contribution in [0.1, 0.15) is 18.7 Å². The molecule has 0 bridgehead atoms. The molecule has 104 valence electrons. The van der Waals surface area contributed by atoms with Crippen molar-refractivity contribution in [3.05, 3.63) is 52.7 Å². The quantitative estimate of drug-likeness (QED) is 0.519. The number of benzene rings is 1. The molecule has 1 unspecified atom stereocenters. The summed E-state index contributed by atoms with van der Waals surface area (Å²) in [7, 11) is 0. The van der Waals surface area contributed by atoms with Gasteiger partial charge in [-0.25, -0.2) is 5.43 Å². The van der Waals surface area contributed by atoms with Crippen molar-refractivity contribution in [2.75, 3.05) is 0 Å². The maximum absolute atomic E-state index is 12.0. The molecule has 0 saturated heterocycles. The van der Waals surface area contributed by atoms with E-state index in [4.69, 9.17) is 0 Å². The SMILES string of the molecule is C/C(=N\NC(=O)C(C)Sc1ccccc1)c1cccs1. The molecule has 2 rings (SSSR count). The van der Waals surface area contributed by atoms with E-state index >= 15 is 0 Å². The van der Waals surface area contributed by atoms with Gasteiger partial charge >= 0.3 is 0 Å². The highest BCUT2D eigenvalue weighted by molar-refractivity contribution is 8.00. The lowest BCUT2D eigenvalue weighted by molar-refractivity contribution is -0.120. The Bertz CT molecular complexity index is 579. The Labute approximate surface area is 127 Å². The van der Waals surface area contributed by atoms with Crippen molar-refractivity contribution in [3.8, 4) is 0 Å². The first kappa shape index (κ1) is 14.8. The molecule has 0 saturated carbocycles. The van der Waals surface area contributed by atoms with E-state index in [0.29, 0.717) is 0 Å². The van der Waals surface area contributed by atoms with E-state index < -0.39 is 0 Å². The van der Waals surface area contributed by atoms with Crippen LogP contribution in [0, 0.1) is 0 Å². The van der Waals surface area contributed by atoms with Gasteiger partial charge in [-0.3, -0.25) is 4.79 Å². The fourth-order valence-electron chi connectivity index (χ4n) is 1.53. The molecule has 1 aromatic carbocycles. The molecule has 0 aliphatic carbocycles. The monoisotopic (exact) mass is 304 g/mol. The van der Waals surface area contributed by atoms with Crippen molar-refractivity contribution in [1.29, 1.82) is 0 Å². The van der Waals surface area contributed by atoms with Gasteiger partial charge in [-0.05, 0) is 37.4 Å². The van der Waals surface area contributed by atoms with Crippen LogP contribution >= 0.6 is 23.1 Å². The van der Waals surface area contributed by atoms with Crippen LogP contribution in [-0.2, 0) is 4.79 Å². The summed E-state index contributed by atoms with van der Waals surface area (Å²) in [4.78, 5) is 14.1. The van der Waals surface area contributed by atoms with Crippen LogP contribution in [0.5, 0.6) is 0 Å². The molecule has 0 fully saturated rings. The molecule has 0 radical (unpaired) electrons. The van der Waals surface area contributed by atoms with Crippen LogP contribution in [-0.4, -0.2) is 16.9 Å². The van der Waals surface area contributed by atoms with Crippen LogP contribution in [0.3, 0.4) is 0 Å². The molecule has 1 amide bonds. The molecule has 1 aromatic heterocycles. The van der Waals surface area contributed by atoms with Gasteiger partial charge in [-0.15, -0.1) is 23.1 Å². The number of nitrogens with zero attached hydrogens (tertiary/aromatic N) is 1. The highest BCUT2D eigenvalue weighted by Gasteiger charge is 2.13. The maximum Gasteiger partial charge on any atom is 0.253 e. The minimum Gasteiger partial charge on any atom is -0.272 e. The molecule has 1 N–H and O–H groups in total. The van der Waals surface area contributed by atoms with Gasteiger partial charge in [0.1, 0.15) is 0 Å². The fourth-order valence-corrected chi connectivity index (χ4v) is 3.09. The molecule has 5 heteroatoms. The average Bonchev–Trinajstić information content (AvgIpc) is 2.99. The second kappa shape index (κ2) is 7.26. The predicted octanol–water partition coefficient (Wildman–Crippen LogP) is 3.77. The van der Waals surface area contributed by atoms with Gasteiger partial charge in [0.25, 0.3) is 5.91 Å². The zero-order valence-electron chi connectivity index (χ0n) is 11.4. The number of amides is 1. The van der Waals surface area contributed by atoms with Gasteiger partial charge in [-0.1, -0.05) is 24.3 Å². The third-order valence-corrected chi connectivity index (χ3v) is 4.73. The molecule has 20 heavy (non-hydrogen) atoms. The highest BCUT2D eigenvalue weighted by atomic mass is 32.2. The summed E-state index contributed by atoms with van der Waals surface area (Å²) in [5.74, 6) is -0.0882. The second-order valence-corrected chi connectivity index (χ2v) is 6.59. The highest BCUT2D eigenvalue weighted by Crippen LogP contribution is 2.22. The zero-order chi connectivity index (χ0) is 14.4. The topological polar surface area (TPSA) is 41.5 Å². The lowest BCUT2D eigenvalue weighted by Gasteiger charge is -2.09. The molecule has 1 heterocycles. The zero-order valence-corrected chi connectivity index (χ0v) is 13.0. The summed E-state index contributed by atoms with van der Waals surface area (Å²) in [6, 6.07) is 13.8. The van der Waals surface area contributed by atoms with Crippen molar-refractivity contribution in [1.82, 2.24) is 5.43 Å². The van der Waals surface area contributed by atoms with E-state index in [9.17, 15) is 4.79 Å². The first-order valence-corrected chi connectivity index (χ1v) is 8.02. The number of carbonyl (C=O) groups is 1. The third kappa shape index (κ3) is 4.21. The number of rotatable bonds is 5. The van der Waals surface area contributed by atoms with E-state index in [1.165, 1.54) is 11.8 Å². The van der Waals surface area contributed by atoms with Crippen LogP contribution in [0.2, 0.25) is 0 Å². The number of nitrogens with one attached hydrogen (secondary N) is 1. The normalized spacial score (nSPS) is 13.0. The molecule has 0 spiro atoms. The summed E-state index contributed by atoms with van der Waals surface area (Å²) in [5, 5.41) is 5.95. The summed E-state index contributed by atoms with van der Waals surface area (Å²) >= 11 is 3.13. The van der Waals surface area contributed by atoms with Gasteiger partial charge in [-0.2, -0.15) is 5.10 Å². The number of hydrazone groups is 1. The molecule has 0 aliphatic heterocycles. The van der Waals surface area contributed by atoms with Crippen LogP contribution < -0.4 is 5.43 Å². The van der Waals surface area contributed by atoms with Crippen molar-refractivity contribution in [2.45, 2.75) is 24.0 Å². The standard InChI is InChI=1S/C15H16N2OS2/c1-11(14-9-6-10-19-14)16-17-15(18)12(2)20-13-7-4-3-5-8-13/h3-10,12H,1-2H3,(H,17,18)/b16-11+. The number of hydrogen-bond donors (Lipinski definition) is 1. The largest absolute Gasteiger partial charge is 0.272 e. The smallest absolute Gasteiger partial charge is 0.253 e. The number of thiophene rings is 1. The minimum atomic E-state index is -0.183. The van der Waals surface area contributed by atoms with E-state index in [1.54, 1.807) is 11.3 Å². The van der Waals surface area contributed by atoms with Crippen LogP contribution in [0.25, 0.3) is 0 Å². The summed E-state index contributed by atoms with van der Waals surface area (Å²) in [6.07, 6.45) is 0. The average molecular weight is 304 g/mol. The lowest BCUT2D eigenvalue weighted by atomic mass is 10.3. The summed E-state index contributed by atoms with van der Waals surface area (Å²) in [6.45, 7) is 3.77.